The van der Waals surface area contributed by atoms with E-state index in [0.29, 0.717) is 5.92 Å². The van der Waals surface area contributed by atoms with Crippen molar-refractivity contribution in [3.8, 4) is 0 Å². The van der Waals surface area contributed by atoms with E-state index in [9.17, 15) is 0 Å². The fourth-order valence-corrected chi connectivity index (χ4v) is 1.12. The lowest BCUT2D eigenvalue weighted by atomic mass is 10.1. The largest absolute Gasteiger partial charge is 0.297 e. The van der Waals surface area contributed by atoms with Crippen LogP contribution < -0.4 is 0 Å². The van der Waals surface area contributed by atoms with E-state index in [-0.39, 0.29) is 0 Å². The molecular weight excluding hydrogens is 158 g/mol. The van der Waals surface area contributed by atoms with E-state index < -0.39 is 0 Å². The second kappa shape index (κ2) is 5.52. The van der Waals surface area contributed by atoms with Crippen LogP contribution in [-0.2, 0) is 6.42 Å². The first-order valence-corrected chi connectivity index (χ1v) is 4.83. The summed E-state index contributed by atoms with van der Waals surface area (Å²) in [7, 11) is 0. The maximum atomic E-state index is 4.34. The Balaban J connectivity index is 2.28. The van der Waals surface area contributed by atoms with Gasteiger partial charge in [-0.3, -0.25) is 4.99 Å². The van der Waals surface area contributed by atoms with Gasteiger partial charge in [-0.05, 0) is 17.9 Å². The van der Waals surface area contributed by atoms with Crippen molar-refractivity contribution in [3.63, 3.8) is 0 Å². The van der Waals surface area contributed by atoms with Crippen LogP contribution in [0.5, 0.6) is 0 Å². The minimum Gasteiger partial charge on any atom is -0.297 e. The van der Waals surface area contributed by atoms with Crippen LogP contribution in [-0.4, -0.2) is 12.8 Å². The number of aliphatic imine (C=N–C) groups is 1. The Morgan fingerprint density at radius 3 is 2.54 bits per heavy atom. The molecule has 0 atom stereocenters. The van der Waals surface area contributed by atoms with Crippen LogP contribution in [0, 0.1) is 5.92 Å². The molecule has 0 aromatic heterocycles. The zero-order valence-corrected chi connectivity index (χ0v) is 8.40. The summed E-state index contributed by atoms with van der Waals surface area (Å²) in [5.74, 6) is 0.566. The van der Waals surface area contributed by atoms with Crippen LogP contribution in [0.4, 0.5) is 0 Å². The fourth-order valence-electron chi connectivity index (χ4n) is 1.12. The van der Waals surface area contributed by atoms with E-state index in [4.69, 9.17) is 0 Å². The molecule has 0 fully saturated rings. The van der Waals surface area contributed by atoms with Crippen LogP contribution in [0.15, 0.2) is 35.3 Å². The number of hydrogen-bond acceptors (Lipinski definition) is 1. The molecule has 0 saturated heterocycles. The van der Waals surface area contributed by atoms with E-state index in [1.807, 2.05) is 12.3 Å². The number of hydrogen-bond donors (Lipinski definition) is 0. The predicted octanol–water partition coefficient (Wildman–Crippen LogP) is 2.96. The van der Waals surface area contributed by atoms with Gasteiger partial charge in [0.05, 0.1) is 0 Å². The molecule has 70 valence electrons. The Kier molecular flexibility index (Phi) is 4.24. The van der Waals surface area contributed by atoms with Crippen molar-refractivity contribution in [2.24, 2.45) is 10.9 Å². The number of nitrogens with zero attached hydrogens (tertiary/aromatic N) is 1. The zero-order chi connectivity index (χ0) is 9.52. The van der Waals surface area contributed by atoms with Gasteiger partial charge in [0.2, 0.25) is 0 Å². The molecule has 0 aliphatic heterocycles. The molecule has 0 radical (unpaired) electrons. The predicted molar refractivity (Wildman–Crippen MR) is 58.3 cm³/mol. The van der Waals surface area contributed by atoms with Crippen molar-refractivity contribution >= 4 is 6.21 Å². The molecule has 0 N–H and O–H groups in total. The Labute approximate surface area is 80.5 Å². The van der Waals surface area contributed by atoms with Gasteiger partial charge in [-0.25, -0.2) is 0 Å². The van der Waals surface area contributed by atoms with E-state index in [1.165, 1.54) is 5.56 Å². The fraction of sp³-hybridized carbons (Fsp3) is 0.417. The van der Waals surface area contributed by atoms with E-state index in [2.05, 4.69) is 43.1 Å². The Morgan fingerprint density at radius 1 is 1.23 bits per heavy atom. The highest BCUT2D eigenvalue weighted by Crippen LogP contribution is 1.99. The summed E-state index contributed by atoms with van der Waals surface area (Å²) in [6, 6.07) is 10.5. The van der Waals surface area contributed by atoms with Gasteiger partial charge in [0.1, 0.15) is 0 Å². The van der Waals surface area contributed by atoms with Crippen LogP contribution in [0.3, 0.4) is 0 Å². The number of rotatable bonds is 4. The van der Waals surface area contributed by atoms with Crippen molar-refractivity contribution in [1.29, 1.82) is 0 Å². The molecule has 0 heterocycles. The second-order valence-corrected chi connectivity index (χ2v) is 3.53. The summed E-state index contributed by atoms with van der Waals surface area (Å²) in [4.78, 5) is 4.34. The molecular formula is C12H17N. The lowest BCUT2D eigenvalue weighted by Gasteiger charge is -1.97. The quantitative estimate of drug-likeness (QED) is 0.624. The summed E-state index contributed by atoms with van der Waals surface area (Å²) in [5.41, 5.74) is 1.36. The third-order valence-electron chi connectivity index (χ3n) is 1.78. The molecule has 0 amide bonds. The van der Waals surface area contributed by atoms with E-state index >= 15 is 0 Å². The van der Waals surface area contributed by atoms with E-state index in [1.54, 1.807) is 0 Å². The minimum absolute atomic E-state index is 0.566. The van der Waals surface area contributed by atoms with Gasteiger partial charge in [0, 0.05) is 12.8 Å². The first kappa shape index (κ1) is 9.97. The molecule has 13 heavy (non-hydrogen) atoms. The SMILES string of the molecule is CC(C)C=NCCc1ccccc1. The van der Waals surface area contributed by atoms with Gasteiger partial charge in [0.15, 0.2) is 0 Å². The average molecular weight is 175 g/mol. The molecule has 0 unspecified atom stereocenters. The number of benzene rings is 1. The van der Waals surface area contributed by atoms with Gasteiger partial charge in [0.25, 0.3) is 0 Å². The highest BCUT2D eigenvalue weighted by Gasteiger charge is 1.89. The van der Waals surface area contributed by atoms with Gasteiger partial charge in [-0.2, -0.15) is 0 Å². The molecule has 1 heteroatoms. The Hall–Kier alpha value is -1.11. The molecule has 1 nitrogen and oxygen atoms in total. The third kappa shape index (κ3) is 4.46. The Bertz CT molecular complexity index is 249. The molecule has 0 bridgehead atoms. The van der Waals surface area contributed by atoms with Crippen molar-refractivity contribution in [2.75, 3.05) is 6.54 Å². The lowest BCUT2D eigenvalue weighted by molar-refractivity contribution is 0.883. The highest BCUT2D eigenvalue weighted by atomic mass is 14.7. The molecule has 0 spiro atoms. The zero-order valence-electron chi connectivity index (χ0n) is 8.40. The molecule has 0 saturated carbocycles. The van der Waals surface area contributed by atoms with Crippen LogP contribution in [0.1, 0.15) is 19.4 Å². The average Bonchev–Trinajstić information content (AvgIpc) is 2.14. The summed E-state index contributed by atoms with van der Waals surface area (Å²) in [6.07, 6.45) is 3.06. The normalized spacial score (nSPS) is 11.3. The van der Waals surface area contributed by atoms with Gasteiger partial charge < -0.3 is 0 Å². The standard InChI is InChI=1S/C12H17N/c1-11(2)10-13-9-8-12-6-4-3-5-7-12/h3-7,10-11H,8-9H2,1-2H3. The lowest BCUT2D eigenvalue weighted by Crippen LogP contribution is -1.92. The van der Waals surface area contributed by atoms with Gasteiger partial charge in [-0.1, -0.05) is 44.2 Å². The maximum absolute atomic E-state index is 4.34. The van der Waals surface area contributed by atoms with Crippen molar-refractivity contribution in [3.05, 3.63) is 35.9 Å². The molecule has 0 aliphatic rings. The van der Waals surface area contributed by atoms with Crippen molar-refractivity contribution in [1.82, 2.24) is 0 Å². The second-order valence-electron chi connectivity index (χ2n) is 3.53. The molecule has 1 aromatic carbocycles. The third-order valence-corrected chi connectivity index (χ3v) is 1.78. The minimum atomic E-state index is 0.566. The first-order chi connectivity index (χ1) is 6.29. The van der Waals surface area contributed by atoms with Crippen molar-refractivity contribution < 1.29 is 0 Å². The smallest absolute Gasteiger partial charge is 0.0425 e. The van der Waals surface area contributed by atoms with Crippen molar-refractivity contribution in [2.45, 2.75) is 20.3 Å². The summed E-state index contributed by atoms with van der Waals surface area (Å²) in [5, 5.41) is 0. The van der Waals surface area contributed by atoms with Gasteiger partial charge >= 0.3 is 0 Å². The van der Waals surface area contributed by atoms with Crippen LogP contribution in [0.2, 0.25) is 0 Å². The molecule has 0 aliphatic carbocycles. The topological polar surface area (TPSA) is 12.4 Å². The summed E-state index contributed by atoms with van der Waals surface area (Å²) in [6.45, 7) is 5.19. The van der Waals surface area contributed by atoms with Crippen LogP contribution >= 0.6 is 0 Å². The Morgan fingerprint density at radius 2 is 1.92 bits per heavy atom. The molecule has 1 aromatic rings. The highest BCUT2D eigenvalue weighted by molar-refractivity contribution is 5.59. The van der Waals surface area contributed by atoms with Gasteiger partial charge in [-0.15, -0.1) is 0 Å². The van der Waals surface area contributed by atoms with E-state index in [0.717, 1.165) is 13.0 Å². The summed E-state index contributed by atoms with van der Waals surface area (Å²) < 4.78 is 0. The summed E-state index contributed by atoms with van der Waals surface area (Å²) >= 11 is 0. The van der Waals surface area contributed by atoms with Crippen LogP contribution in [0.25, 0.3) is 0 Å². The first-order valence-electron chi connectivity index (χ1n) is 4.83. The monoisotopic (exact) mass is 175 g/mol. The molecule has 1 rings (SSSR count). The maximum Gasteiger partial charge on any atom is 0.0425 e.